The van der Waals surface area contributed by atoms with Gasteiger partial charge in [0.1, 0.15) is 0 Å². The second-order valence-electron chi connectivity index (χ2n) is 4.49. The van der Waals surface area contributed by atoms with E-state index in [1.54, 1.807) is 11.8 Å². The minimum absolute atomic E-state index is 0.331. The van der Waals surface area contributed by atoms with Gasteiger partial charge in [-0.3, -0.25) is 11.3 Å². The number of halogens is 1. The zero-order valence-corrected chi connectivity index (χ0v) is 11.8. The summed E-state index contributed by atoms with van der Waals surface area (Å²) in [4.78, 5) is 1.19. The van der Waals surface area contributed by atoms with E-state index in [0.717, 1.165) is 36.8 Å². The van der Waals surface area contributed by atoms with Gasteiger partial charge in [0, 0.05) is 34.9 Å². The van der Waals surface area contributed by atoms with E-state index in [1.807, 2.05) is 18.2 Å². The van der Waals surface area contributed by atoms with Gasteiger partial charge in [-0.25, -0.2) is 0 Å². The number of hydrazine groups is 1. The van der Waals surface area contributed by atoms with Crippen LogP contribution < -0.4 is 11.3 Å². The molecule has 0 amide bonds. The van der Waals surface area contributed by atoms with Crippen molar-refractivity contribution in [2.75, 3.05) is 19.0 Å². The van der Waals surface area contributed by atoms with Gasteiger partial charge in [0.05, 0.1) is 0 Å². The minimum atomic E-state index is 0.331. The van der Waals surface area contributed by atoms with Crippen molar-refractivity contribution in [1.82, 2.24) is 5.43 Å². The smallest absolute Gasteiger partial charge is 0.0469 e. The quantitative estimate of drug-likeness (QED) is 0.496. The molecule has 1 fully saturated rings. The van der Waals surface area contributed by atoms with Gasteiger partial charge in [0.25, 0.3) is 0 Å². The normalized spacial score (nSPS) is 18.8. The summed E-state index contributed by atoms with van der Waals surface area (Å²) in [7, 11) is 0. The van der Waals surface area contributed by atoms with Crippen molar-refractivity contribution in [2.45, 2.75) is 23.8 Å². The summed E-state index contributed by atoms with van der Waals surface area (Å²) in [6.45, 7) is 1.70. The van der Waals surface area contributed by atoms with Gasteiger partial charge in [0.2, 0.25) is 0 Å². The molecule has 3 nitrogen and oxygen atoms in total. The molecular weight excluding hydrogens is 268 g/mol. The van der Waals surface area contributed by atoms with Crippen LogP contribution >= 0.6 is 23.4 Å². The van der Waals surface area contributed by atoms with E-state index < -0.39 is 0 Å². The fourth-order valence-electron chi connectivity index (χ4n) is 2.18. The molecule has 1 aliphatic heterocycles. The number of rotatable bonds is 5. The number of benzene rings is 1. The maximum atomic E-state index is 5.97. The second kappa shape index (κ2) is 7.36. The molecular formula is C13H19ClN2OS. The van der Waals surface area contributed by atoms with Gasteiger partial charge in [-0.15, -0.1) is 11.8 Å². The molecule has 1 aliphatic rings. The van der Waals surface area contributed by atoms with E-state index in [9.17, 15) is 0 Å². The first-order valence-corrected chi connectivity index (χ1v) is 7.58. The zero-order chi connectivity index (χ0) is 12.8. The number of nitrogens with two attached hydrogens (primary N) is 1. The van der Waals surface area contributed by atoms with Gasteiger partial charge < -0.3 is 4.74 Å². The summed E-state index contributed by atoms with van der Waals surface area (Å²) in [5.41, 5.74) is 2.95. The Morgan fingerprint density at radius 2 is 2.22 bits per heavy atom. The Labute approximate surface area is 117 Å². The summed E-state index contributed by atoms with van der Waals surface area (Å²) in [5.74, 6) is 7.23. The molecule has 0 radical (unpaired) electrons. The van der Waals surface area contributed by atoms with Gasteiger partial charge in [-0.1, -0.05) is 17.7 Å². The molecule has 0 aliphatic carbocycles. The monoisotopic (exact) mass is 286 g/mol. The van der Waals surface area contributed by atoms with Gasteiger partial charge in [-0.05, 0) is 37.0 Å². The van der Waals surface area contributed by atoms with Crippen molar-refractivity contribution in [3.05, 3.63) is 29.3 Å². The van der Waals surface area contributed by atoms with Crippen LogP contribution in [0.2, 0.25) is 5.02 Å². The second-order valence-corrected chi connectivity index (χ2v) is 6.02. The highest BCUT2D eigenvalue weighted by Crippen LogP contribution is 2.26. The fourth-order valence-corrected chi connectivity index (χ4v) is 3.56. The lowest BCUT2D eigenvalue weighted by Gasteiger charge is -2.29. The average Bonchev–Trinajstić information content (AvgIpc) is 2.41. The van der Waals surface area contributed by atoms with E-state index in [2.05, 4.69) is 11.5 Å². The van der Waals surface area contributed by atoms with Crippen molar-refractivity contribution >= 4 is 23.4 Å². The molecule has 2 rings (SSSR count). The van der Waals surface area contributed by atoms with Crippen LogP contribution in [0.15, 0.2) is 29.2 Å². The van der Waals surface area contributed by atoms with Crippen molar-refractivity contribution in [3.63, 3.8) is 0 Å². The van der Waals surface area contributed by atoms with Crippen LogP contribution in [0.3, 0.4) is 0 Å². The maximum Gasteiger partial charge on any atom is 0.0469 e. The zero-order valence-electron chi connectivity index (χ0n) is 10.3. The molecule has 0 saturated carbocycles. The van der Waals surface area contributed by atoms with Gasteiger partial charge in [-0.2, -0.15) is 0 Å². The third-order valence-corrected chi connectivity index (χ3v) is 4.62. The number of ether oxygens (including phenoxy) is 1. The Balaban J connectivity index is 1.86. The van der Waals surface area contributed by atoms with Crippen LogP contribution in [0.5, 0.6) is 0 Å². The lowest BCUT2D eigenvalue weighted by atomic mass is 9.93. The molecule has 1 saturated heterocycles. The number of thioether (sulfide) groups is 1. The Morgan fingerprint density at radius 1 is 1.44 bits per heavy atom. The van der Waals surface area contributed by atoms with Gasteiger partial charge >= 0.3 is 0 Å². The first-order chi connectivity index (χ1) is 8.79. The van der Waals surface area contributed by atoms with E-state index in [-0.39, 0.29) is 0 Å². The Hall–Kier alpha value is -0.260. The highest BCUT2D eigenvalue weighted by molar-refractivity contribution is 7.99. The van der Waals surface area contributed by atoms with E-state index >= 15 is 0 Å². The molecule has 5 heteroatoms. The topological polar surface area (TPSA) is 47.3 Å². The SMILES string of the molecule is NNC(CSc1cccc(Cl)c1)C1CCOCC1. The van der Waals surface area contributed by atoms with Crippen LogP contribution in [0.1, 0.15) is 12.8 Å². The van der Waals surface area contributed by atoms with Crippen LogP contribution in [0.25, 0.3) is 0 Å². The molecule has 1 atom stereocenters. The fraction of sp³-hybridized carbons (Fsp3) is 0.538. The lowest BCUT2D eigenvalue weighted by molar-refractivity contribution is 0.0566. The minimum Gasteiger partial charge on any atom is -0.381 e. The number of hydrogen-bond acceptors (Lipinski definition) is 4. The van der Waals surface area contributed by atoms with Crippen LogP contribution in [0.4, 0.5) is 0 Å². The van der Waals surface area contributed by atoms with Crippen LogP contribution in [-0.2, 0) is 4.74 Å². The average molecular weight is 287 g/mol. The lowest BCUT2D eigenvalue weighted by Crippen LogP contribution is -2.44. The van der Waals surface area contributed by atoms with Crippen molar-refractivity contribution < 1.29 is 4.74 Å². The Kier molecular flexibility index (Phi) is 5.79. The highest BCUT2D eigenvalue weighted by Gasteiger charge is 2.23. The van der Waals surface area contributed by atoms with E-state index in [4.69, 9.17) is 22.2 Å². The Morgan fingerprint density at radius 3 is 2.89 bits per heavy atom. The Bertz CT molecular complexity index is 372. The van der Waals surface area contributed by atoms with Crippen LogP contribution in [-0.4, -0.2) is 25.0 Å². The summed E-state index contributed by atoms with van der Waals surface area (Å²) < 4.78 is 5.38. The van der Waals surface area contributed by atoms with E-state index in [1.165, 1.54) is 4.90 Å². The predicted molar refractivity (Wildman–Crippen MR) is 76.8 cm³/mol. The summed E-state index contributed by atoms with van der Waals surface area (Å²) >= 11 is 7.77. The standard InChI is InChI=1S/C13H19ClN2OS/c14-11-2-1-3-12(8-11)18-9-13(16-15)10-4-6-17-7-5-10/h1-3,8,10,13,16H,4-7,9,15H2. The maximum absolute atomic E-state index is 5.97. The summed E-state index contributed by atoms with van der Waals surface area (Å²) in [6.07, 6.45) is 2.18. The molecule has 1 heterocycles. The molecule has 1 aromatic carbocycles. The molecule has 100 valence electrons. The van der Waals surface area contributed by atoms with E-state index in [0.29, 0.717) is 12.0 Å². The predicted octanol–water partition coefficient (Wildman–Crippen LogP) is 2.69. The highest BCUT2D eigenvalue weighted by atomic mass is 35.5. The molecule has 0 aromatic heterocycles. The largest absolute Gasteiger partial charge is 0.381 e. The molecule has 18 heavy (non-hydrogen) atoms. The summed E-state index contributed by atoms with van der Waals surface area (Å²) in [6, 6.07) is 8.27. The molecule has 1 unspecified atom stereocenters. The van der Waals surface area contributed by atoms with Gasteiger partial charge in [0.15, 0.2) is 0 Å². The molecule has 0 spiro atoms. The molecule has 1 aromatic rings. The van der Waals surface area contributed by atoms with Crippen molar-refractivity contribution in [1.29, 1.82) is 0 Å². The first kappa shape index (κ1) is 14.2. The van der Waals surface area contributed by atoms with Crippen molar-refractivity contribution in [3.8, 4) is 0 Å². The number of nitrogens with one attached hydrogen (secondary N) is 1. The first-order valence-electron chi connectivity index (χ1n) is 6.22. The number of hydrogen-bond donors (Lipinski definition) is 2. The van der Waals surface area contributed by atoms with Crippen molar-refractivity contribution in [2.24, 2.45) is 11.8 Å². The third kappa shape index (κ3) is 4.14. The molecule has 0 bridgehead atoms. The third-order valence-electron chi connectivity index (χ3n) is 3.27. The summed E-state index contributed by atoms with van der Waals surface area (Å²) in [5, 5.41) is 0.781. The molecule has 3 N–H and O–H groups in total. The van der Waals surface area contributed by atoms with Crippen LogP contribution in [0, 0.1) is 5.92 Å².